The number of nitrogens with zero attached hydrogens (tertiary/aromatic N) is 2. The van der Waals surface area contributed by atoms with Gasteiger partial charge in [0.15, 0.2) is 0 Å². The van der Waals surface area contributed by atoms with Crippen molar-refractivity contribution < 1.29 is 9.72 Å². The number of rotatable bonds is 6. The van der Waals surface area contributed by atoms with Gasteiger partial charge in [-0.1, -0.05) is 41.7 Å². The maximum absolute atomic E-state index is 12.0. The van der Waals surface area contributed by atoms with Crippen molar-refractivity contribution in [2.24, 2.45) is 0 Å². The number of hydrogen-bond acceptors (Lipinski definition) is 5. The average molecular weight is 327 g/mol. The number of thiophene rings is 1. The lowest BCUT2D eigenvalue weighted by molar-refractivity contribution is -0.380. The molecule has 2 aromatic rings. The Morgan fingerprint density at radius 1 is 1.39 bits per heavy atom. The highest BCUT2D eigenvalue weighted by molar-refractivity contribution is 7.13. The summed E-state index contributed by atoms with van der Waals surface area (Å²) in [5.41, 5.74) is 1.48. The van der Waals surface area contributed by atoms with Gasteiger partial charge in [0.25, 0.3) is 5.91 Å². The fraction of sp³-hybridized carbons (Fsp3) is 0.125. The Labute approximate surface area is 136 Å². The van der Waals surface area contributed by atoms with E-state index in [1.807, 2.05) is 36.4 Å². The molecular formula is C16H13N3O3S. The molecule has 0 radical (unpaired) electrons. The largest absolute Gasteiger partial charge is 0.351 e. The number of benzene rings is 1. The van der Waals surface area contributed by atoms with E-state index in [-0.39, 0.29) is 10.6 Å². The molecule has 1 amide bonds. The number of carbonyl (C=O) groups is 1. The van der Waals surface area contributed by atoms with Crippen LogP contribution in [-0.4, -0.2) is 17.4 Å². The fourth-order valence-corrected chi connectivity index (χ4v) is 2.57. The molecule has 7 heteroatoms. The normalized spacial score (nSPS) is 10.8. The van der Waals surface area contributed by atoms with Gasteiger partial charge in [0.1, 0.15) is 11.6 Å². The predicted molar refractivity (Wildman–Crippen MR) is 87.7 cm³/mol. The minimum atomic E-state index is -0.506. The molecule has 6 nitrogen and oxygen atoms in total. The van der Waals surface area contributed by atoms with Crippen molar-refractivity contribution in [1.82, 2.24) is 5.32 Å². The molecule has 1 aromatic heterocycles. The van der Waals surface area contributed by atoms with Crippen LogP contribution in [0.3, 0.4) is 0 Å². The molecule has 1 heterocycles. The molecule has 116 valence electrons. The SMILES string of the molecule is N#CC(=Cc1csc([N+](=O)[O-])c1)C(=O)NCCc1ccccc1. The van der Waals surface area contributed by atoms with Crippen molar-refractivity contribution in [1.29, 1.82) is 5.26 Å². The van der Waals surface area contributed by atoms with Crippen molar-refractivity contribution in [3.05, 3.63) is 68.6 Å². The van der Waals surface area contributed by atoms with Crippen LogP contribution in [0.15, 0.2) is 47.4 Å². The van der Waals surface area contributed by atoms with E-state index in [1.165, 1.54) is 17.5 Å². The highest BCUT2D eigenvalue weighted by Crippen LogP contribution is 2.24. The van der Waals surface area contributed by atoms with Gasteiger partial charge in [-0.05, 0) is 23.6 Å². The van der Waals surface area contributed by atoms with E-state index < -0.39 is 10.8 Å². The lowest BCUT2D eigenvalue weighted by atomic mass is 10.1. The molecule has 0 unspecified atom stereocenters. The summed E-state index contributed by atoms with van der Waals surface area (Å²) in [5.74, 6) is -0.489. The van der Waals surface area contributed by atoms with E-state index in [0.29, 0.717) is 18.5 Å². The topological polar surface area (TPSA) is 96.0 Å². The Bertz CT molecular complexity index is 775. The zero-order chi connectivity index (χ0) is 16.7. The molecular weight excluding hydrogens is 314 g/mol. The maximum Gasteiger partial charge on any atom is 0.324 e. The van der Waals surface area contributed by atoms with Crippen LogP contribution in [0.5, 0.6) is 0 Å². The summed E-state index contributed by atoms with van der Waals surface area (Å²) < 4.78 is 0. The Morgan fingerprint density at radius 3 is 2.74 bits per heavy atom. The van der Waals surface area contributed by atoms with Crippen LogP contribution < -0.4 is 5.32 Å². The van der Waals surface area contributed by atoms with Gasteiger partial charge in [-0.2, -0.15) is 5.26 Å². The van der Waals surface area contributed by atoms with Crippen molar-refractivity contribution in [2.45, 2.75) is 6.42 Å². The Hall–Kier alpha value is -2.98. The third-order valence-electron chi connectivity index (χ3n) is 3.00. The first-order valence-corrected chi connectivity index (χ1v) is 7.65. The molecule has 0 saturated carbocycles. The molecule has 0 saturated heterocycles. The second kappa shape index (κ2) is 7.87. The molecule has 0 bridgehead atoms. The summed E-state index contributed by atoms with van der Waals surface area (Å²) in [7, 11) is 0. The van der Waals surface area contributed by atoms with Gasteiger partial charge < -0.3 is 5.32 Å². The first-order valence-electron chi connectivity index (χ1n) is 6.77. The minimum Gasteiger partial charge on any atom is -0.351 e. The summed E-state index contributed by atoms with van der Waals surface area (Å²) in [6.07, 6.45) is 2.01. The van der Waals surface area contributed by atoms with Crippen molar-refractivity contribution in [2.75, 3.05) is 6.54 Å². The van der Waals surface area contributed by atoms with Gasteiger partial charge >= 0.3 is 5.00 Å². The average Bonchev–Trinajstić information content (AvgIpc) is 3.02. The summed E-state index contributed by atoms with van der Waals surface area (Å²) in [6, 6.07) is 12.8. The van der Waals surface area contributed by atoms with Crippen LogP contribution in [0.25, 0.3) is 6.08 Å². The van der Waals surface area contributed by atoms with Gasteiger partial charge in [-0.3, -0.25) is 14.9 Å². The van der Waals surface area contributed by atoms with Crippen LogP contribution >= 0.6 is 11.3 Å². The molecule has 0 spiro atoms. The molecule has 1 aromatic carbocycles. The number of amides is 1. The Morgan fingerprint density at radius 2 is 2.13 bits per heavy atom. The summed E-state index contributed by atoms with van der Waals surface area (Å²) in [6.45, 7) is 0.408. The number of nitro groups is 1. The monoisotopic (exact) mass is 327 g/mol. The third kappa shape index (κ3) is 4.76. The number of carbonyl (C=O) groups excluding carboxylic acids is 1. The minimum absolute atomic E-state index is 0.0296. The van der Waals surface area contributed by atoms with E-state index in [9.17, 15) is 14.9 Å². The number of nitriles is 1. The highest BCUT2D eigenvalue weighted by Gasteiger charge is 2.12. The molecule has 0 atom stereocenters. The Balaban J connectivity index is 1.96. The van der Waals surface area contributed by atoms with Crippen molar-refractivity contribution in [3.63, 3.8) is 0 Å². The molecule has 0 aliphatic rings. The third-order valence-corrected chi connectivity index (χ3v) is 3.90. The molecule has 0 aliphatic carbocycles. The van der Waals surface area contributed by atoms with Crippen LogP contribution in [0.4, 0.5) is 5.00 Å². The molecule has 23 heavy (non-hydrogen) atoms. The number of nitrogens with one attached hydrogen (secondary N) is 1. The lowest BCUT2D eigenvalue weighted by Crippen LogP contribution is -2.26. The van der Waals surface area contributed by atoms with Gasteiger partial charge in [0, 0.05) is 18.0 Å². The number of hydrogen-bond donors (Lipinski definition) is 1. The Kier molecular flexibility index (Phi) is 5.61. The van der Waals surface area contributed by atoms with Crippen molar-refractivity contribution in [3.8, 4) is 6.07 Å². The van der Waals surface area contributed by atoms with E-state index in [1.54, 1.807) is 0 Å². The van der Waals surface area contributed by atoms with E-state index in [2.05, 4.69) is 5.32 Å². The van der Waals surface area contributed by atoms with Crippen molar-refractivity contribution >= 4 is 28.3 Å². The fourth-order valence-electron chi connectivity index (χ4n) is 1.89. The van der Waals surface area contributed by atoms with E-state index in [0.717, 1.165) is 16.9 Å². The zero-order valence-electron chi connectivity index (χ0n) is 12.1. The molecule has 0 aliphatic heterocycles. The predicted octanol–water partition coefficient (Wildman–Crippen LogP) is 2.92. The van der Waals surface area contributed by atoms with Gasteiger partial charge in [0.2, 0.25) is 0 Å². The lowest BCUT2D eigenvalue weighted by Gasteiger charge is -2.04. The molecule has 0 fully saturated rings. The van der Waals surface area contributed by atoms with Gasteiger partial charge in [0.05, 0.1) is 4.92 Å². The van der Waals surface area contributed by atoms with Crippen LogP contribution in [-0.2, 0) is 11.2 Å². The standard InChI is InChI=1S/C16H13N3O3S/c17-10-14(8-13-9-15(19(21)22)23-11-13)16(20)18-7-6-12-4-2-1-3-5-12/h1-5,8-9,11H,6-7H2,(H,18,20). The molecule has 2 rings (SSSR count). The summed E-state index contributed by atoms with van der Waals surface area (Å²) in [4.78, 5) is 22.1. The quantitative estimate of drug-likeness (QED) is 0.382. The van der Waals surface area contributed by atoms with Crippen LogP contribution in [0.2, 0.25) is 0 Å². The smallest absolute Gasteiger partial charge is 0.324 e. The second-order valence-electron chi connectivity index (χ2n) is 4.64. The molecule has 1 N–H and O–H groups in total. The summed E-state index contributed by atoms with van der Waals surface area (Å²) >= 11 is 0.952. The van der Waals surface area contributed by atoms with Gasteiger partial charge in [-0.15, -0.1) is 0 Å². The first kappa shape index (κ1) is 16.4. The van der Waals surface area contributed by atoms with Crippen LogP contribution in [0.1, 0.15) is 11.1 Å². The van der Waals surface area contributed by atoms with E-state index >= 15 is 0 Å². The van der Waals surface area contributed by atoms with E-state index in [4.69, 9.17) is 5.26 Å². The first-order chi connectivity index (χ1) is 11.1. The van der Waals surface area contributed by atoms with Gasteiger partial charge in [-0.25, -0.2) is 0 Å². The second-order valence-corrected chi connectivity index (χ2v) is 5.53. The zero-order valence-corrected chi connectivity index (χ0v) is 12.9. The summed E-state index contributed by atoms with van der Waals surface area (Å²) in [5, 5.41) is 23.9. The highest BCUT2D eigenvalue weighted by atomic mass is 32.1. The van der Waals surface area contributed by atoms with Crippen LogP contribution in [0, 0.1) is 21.4 Å². The maximum atomic E-state index is 12.0.